The van der Waals surface area contributed by atoms with Crippen molar-refractivity contribution >= 4 is 26.9 Å². The van der Waals surface area contributed by atoms with Gasteiger partial charge in [0.1, 0.15) is 12.1 Å². The van der Waals surface area contributed by atoms with Crippen molar-refractivity contribution < 1.29 is 17.9 Å². The molecule has 0 amide bonds. The first kappa shape index (κ1) is 15.9. The number of hydrogen-bond donors (Lipinski definition) is 2. The van der Waals surface area contributed by atoms with Gasteiger partial charge in [-0.05, 0) is 30.3 Å². The van der Waals surface area contributed by atoms with Gasteiger partial charge in [0.15, 0.2) is 5.65 Å². The van der Waals surface area contributed by atoms with Crippen LogP contribution >= 0.6 is 0 Å². The van der Waals surface area contributed by atoms with Gasteiger partial charge in [0, 0.05) is 11.8 Å². The third-order valence-electron chi connectivity index (χ3n) is 2.97. The SMILES string of the molecule is COc1ccc2c(Oc3ccc(NS(N)(=O)=O)cc3)ncnc2n1. The van der Waals surface area contributed by atoms with Crippen LogP contribution < -0.4 is 19.3 Å². The van der Waals surface area contributed by atoms with Gasteiger partial charge in [-0.25, -0.2) is 15.1 Å². The van der Waals surface area contributed by atoms with Crippen molar-refractivity contribution in [3.8, 4) is 17.5 Å². The van der Waals surface area contributed by atoms with Crippen molar-refractivity contribution in [3.05, 3.63) is 42.7 Å². The maximum atomic E-state index is 11.0. The van der Waals surface area contributed by atoms with Crippen molar-refractivity contribution in [2.24, 2.45) is 5.14 Å². The Hall–Kier alpha value is -2.98. The molecule has 0 aliphatic heterocycles. The molecule has 0 bridgehead atoms. The van der Waals surface area contributed by atoms with Gasteiger partial charge >= 0.3 is 0 Å². The largest absolute Gasteiger partial charge is 0.481 e. The van der Waals surface area contributed by atoms with E-state index in [1.165, 1.54) is 25.6 Å². The summed E-state index contributed by atoms with van der Waals surface area (Å²) in [5.41, 5.74) is 0.760. The van der Waals surface area contributed by atoms with Gasteiger partial charge < -0.3 is 9.47 Å². The van der Waals surface area contributed by atoms with Crippen LogP contribution in [0.3, 0.4) is 0 Å². The van der Waals surface area contributed by atoms with Crippen LogP contribution in [-0.2, 0) is 10.2 Å². The molecule has 1 aromatic carbocycles. The molecule has 0 spiro atoms. The summed E-state index contributed by atoms with van der Waals surface area (Å²) in [7, 11) is -2.30. The molecule has 24 heavy (non-hydrogen) atoms. The van der Waals surface area contributed by atoms with Crippen molar-refractivity contribution in [1.29, 1.82) is 0 Å². The van der Waals surface area contributed by atoms with Crippen molar-refractivity contribution in [1.82, 2.24) is 15.0 Å². The highest BCUT2D eigenvalue weighted by molar-refractivity contribution is 7.90. The molecule has 2 heterocycles. The predicted octanol–water partition coefficient (Wildman–Crippen LogP) is 1.44. The van der Waals surface area contributed by atoms with Gasteiger partial charge in [0.05, 0.1) is 12.5 Å². The van der Waals surface area contributed by atoms with E-state index in [0.717, 1.165) is 0 Å². The summed E-state index contributed by atoms with van der Waals surface area (Å²) in [5.74, 6) is 1.22. The Labute approximate surface area is 137 Å². The van der Waals surface area contributed by atoms with E-state index >= 15 is 0 Å². The number of anilines is 1. The molecule has 0 unspecified atom stereocenters. The molecule has 3 N–H and O–H groups in total. The van der Waals surface area contributed by atoms with Crippen LogP contribution in [0.4, 0.5) is 5.69 Å². The minimum absolute atomic E-state index is 0.322. The summed E-state index contributed by atoms with van der Waals surface area (Å²) >= 11 is 0. The fraction of sp³-hybridized carbons (Fsp3) is 0.0714. The number of ether oxygens (including phenoxy) is 2. The molecule has 3 rings (SSSR count). The molecule has 124 valence electrons. The number of hydrogen-bond acceptors (Lipinski definition) is 7. The number of nitrogens with zero attached hydrogens (tertiary/aromatic N) is 3. The van der Waals surface area contributed by atoms with Crippen LogP contribution in [0.15, 0.2) is 42.7 Å². The number of methoxy groups -OCH3 is 1. The van der Waals surface area contributed by atoms with Crippen LogP contribution in [0.1, 0.15) is 0 Å². The summed E-state index contributed by atoms with van der Waals surface area (Å²) in [5, 5.41) is 5.53. The van der Waals surface area contributed by atoms with E-state index in [4.69, 9.17) is 14.6 Å². The average molecular weight is 347 g/mol. The number of nitrogens with two attached hydrogens (primary N) is 1. The molecule has 10 heteroatoms. The van der Waals surface area contributed by atoms with Gasteiger partial charge in [0.25, 0.3) is 10.2 Å². The molecule has 2 aromatic heterocycles. The van der Waals surface area contributed by atoms with Gasteiger partial charge in [-0.2, -0.15) is 13.4 Å². The van der Waals surface area contributed by atoms with E-state index in [9.17, 15) is 8.42 Å². The number of nitrogens with one attached hydrogen (secondary N) is 1. The first-order valence-corrected chi connectivity index (χ1v) is 8.23. The van der Waals surface area contributed by atoms with E-state index < -0.39 is 10.2 Å². The molecule has 3 aromatic rings. The number of benzene rings is 1. The Morgan fingerprint density at radius 1 is 1.08 bits per heavy atom. The van der Waals surface area contributed by atoms with Crippen LogP contribution in [0.25, 0.3) is 11.0 Å². The fourth-order valence-electron chi connectivity index (χ4n) is 1.96. The van der Waals surface area contributed by atoms with Crippen molar-refractivity contribution in [2.45, 2.75) is 0 Å². The lowest BCUT2D eigenvalue weighted by molar-refractivity contribution is 0.399. The topological polar surface area (TPSA) is 129 Å². The van der Waals surface area contributed by atoms with E-state index in [0.29, 0.717) is 34.2 Å². The lowest BCUT2D eigenvalue weighted by atomic mass is 10.3. The molecule has 9 nitrogen and oxygen atoms in total. The number of aromatic nitrogens is 3. The Balaban J connectivity index is 1.87. The normalized spacial score (nSPS) is 11.2. The number of pyridine rings is 1. The van der Waals surface area contributed by atoms with Crippen LogP contribution in [0.5, 0.6) is 17.5 Å². The molecular formula is C14H13N5O4S. The van der Waals surface area contributed by atoms with Crippen LogP contribution in [0.2, 0.25) is 0 Å². The number of fused-ring (bicyclic) bond motifs is 1. The smallest absolute Gasteiger partial charge is 0.296 e. The second-order valence-electron chi connectivity index (χ2n) is 4.68. The Morgan fingerprint density at radius 3 is 2.50 bits per heavy atom. The van der Waals surface area contributed by atoms with Gasteiger partial charge in [-0.1, -0.05) is 0 Å². The van der Waals surface area contributed by atoms with Gasteiger partial charge in [-0.15, -0.1) is 0 Å². The lowest BCUT2D eigenvalue weighted by Crippen LogP contribution is -2.21. The lowest BCUT2D eigenvalue weighted by Gasteiger charge is -2.08. The Bertz CT molecular complexity index is 976. The monoisotopic (exact) mass is 347 g/mol. The Morgan fingerprint density at radius 2 is 1.83 bits per heavy atom. The highest BCUT2D eigenvalue weighted by Crippen LogP contribution is 2.27. The first-order valence-electron chi connectivity index (χ1n) is 6.69. The standard InChI is InChI=1S/C14H13N5O4S/c1-22-12-7-6-11-13(18-12)16-8-17-14(11)23-10-4-2-9(3-5-10)19-24(15,20)21/h2-8,19H,1H3,(H2,15,20,21). The zero-order valence-corrected chi connectivity index (χ0v) is 13.3. The number of rotatable bonds is 5. The highest BCUT2D eigenvalue weighted by atomic mass is 32.2. The van der Waals surface area contributed by atoms with E-state index in [2.05, 4.69) is 19.7 Å². The van der Waals surface area contributed by atoms with Crippen LogP contribution in [0, 0.1) is 0 Å². The van der Waals surface area contributed by atoms with E-state index in [-0.39, 0.29) is 0 Å². The molecule has 0 saturated heterocycles. The van der Waals surface area contributed by atoms with Crippen molar-refractivity contribution in [2.75, 3.05) is 11.8 Å². The fourth-order valence-corrected chi connectivity index (χ4v) is 2.43. The van der Waals surface area contributed by atoms with E-state index in [1.54, 1.807) is 24.3 Å². The molecule has 0 radical (unpaired) electrons. The average Bonchev–Trinajstić information content (AvgIpc) is 2.55. The molecule has 0 saturated carbocycles. The zero-order valence-electron chi connectivity index (χ0n) is 12.5. The molecule has 0 atom stereocenters. The Kier molecular flexibility index (Phi) is 4.15. The minimum atomic E-state index is -3.82. The van der Waals surface area contributed by atoms with E-state index in [1.807, 2.05) is 0 Å². The van der Waals surface area contributed by atoms with Gasteiger partial charge in [-0.3, -0.25) is 4.72 Å². The maximum Gasteiger partial charge on any atom is 0.296 e. The first-order chi connectivity index (χ1) is 11.4. The second kappa shape index (κ2) is 6.26. The summed E-state index contributed by atoms with van der Waals surface area (Å²) in [6.45, 7) is 0. The molecule has 0 fully saturated rings. The summed E-state index contributed by atoms with van der Waals surface area (Å²) in [4.78, 5) is 12.4. The third kappa shape index (κ3) is 3.67. The zero-order chi connectivity index (χ0) is 17.2. The summed E-state index contributed by atoms with van der Waals surface area (Å²) < 4.78 is 34.9. The van der Waals surface area contributed by atoms with Crippen molar-refractivity contribution in [3.63, 3.8) is 0 Å². The summed E-state index contributed by atoms with van der Waals surface area (Å²) in [6, 6.07) is 9.62. The molecule has 0 aliphatic rings. The summed E-state index contributed by atoms with van der Waals surface area (Å²) in [6.07, 6.45) is 1.33. The highest BCUT2D eigenvalue weighted by Gasteiger charge is 2.09. The second-order valence-corrected chi connectivity index (χ2v) is 5.97. The maximum absolute atomic E-state index is 11.0. The van der Waals surface area contributed by atoms with Gasteiger partial charge in [0.2, 0.25) is 11.8 Å². The minimum Gasteiger partial charge on any atom is -0.481 e. The third-order valence-corrected chi connectivity index (χ3v) is 3.49. The van der Waals surface area contributed by atoms with Crippen LogP contribution in [-0.4, -0.2) is 30.5 Å². The molecular weight excluding hydrogens is 334 g/mol. The predicted molar refractivity (Wildman–Crippen MR) is 87.1 cm³/mol. The quantitative estimate of drug-likeness (QED) is 0.714. The molecule has 0 aliphatic carbocycles.